The molecule has 2 aromatic rings. The molecular weight excluding hydrogens is 368 g/mol. The maximum Gasteiger partial charge on any atom is 0.0841 e. The largest absolute Gasteiger partial charge is 0.388 e. The molecule has 0 spiro atoms. The van der Waals surface area contributed by atoms with Crippen molar-refractivity contribution in [2.75, 3.05) is 0 Å². The summed E-state index contributed by atoms with van der Waals surface area (Å²) in [7, 11) is 0. The summed E-state index contributed by atoms with van der Waals surface area (Å²) < 4.78 is 1.98. The molecule has 0 saturated carbocycles. The zero-order chi connectivity index (χ0) is 14.0. The van der Waals surface area contributed by atoms with Crippen LogP contribution in [0.2, 0.25) is 0 Å². The van der Waals surface area contributed by atoms with Gasteiger partial charge in [0.15, 0.2) is 0 Å². The molecule has 0 aliphatic rings. The van der Waals surface area contributed by atoms with Crippen molar-refractivity contribution in [2.45, 2.75) is 26.4 Å². The summed E-state index contributed by atoms with van der Waals surface area (Å²) in [6.07, 6.45) is 0.119. The third-order valence-corrected chi connectivity index (χ3v) is 4.85. The van der Waals surface area contributed by atoms with Crippen LogP contribution in [-0.2, 0) is 6.42 Å². The van der Waals surface area contributed by atoms with E-state index in [9.17, 15) is 5.11 Å². The molecular formula is C16H16Br2O. The molecule has 1 N–H and O–H groups in total. The molecule has 0 fully saturated rings. The molecule has 1 unspecified atom stereocenters. The average molecular weight is 384 g/mol. The number of hydrogen-bond acceptors (Lipinski definition) is 1. The molecule has 0 radical (unpaired) electrons. The topological polar surface area (TPSA) is 20.2 Å². The summed E-state index contributed by atoms with van der Waals surface area (Å²) >= 11 is 7.05. The van der Waals surface area contributed by atoms with Gasteiger partial charge < -0.3 is 5.11 Å². The predicted octanol–water partition coefficient (Wildman–Crippen LogP) is 5.10. The Morgan fingerprint density at radius 3 is 2.37 bits per heavy atom. The normalized spacial score (nSPS) is 12.5. The van der Waals surface area contributed by atoms with E-state index in [0.29, 0.717) is 6.42 Å². The lowest BCUT2D eigenvalue weighted by atomic mass is 9.98. The lowest BCUT2D eigenvalue weighted by Crippen LogP contribution is -2.04. The first-order chi connectivity index (χ1) is 8.99. The second-order valence-electron chi connectivity index (χ2n) is 4.77. The quantitative estimate of drug-likeness (QED) is 0.781. The number of aliphatic hydroxyl groups is 1. The molecule has 1 atom stereocenters. The fraction of sp³-hybridized carbons (Fsp3) is 0.250. The summed E-state index contributed by atoms with van der Waals surface area (Å²) in [5.74, 6) is 0. The van der Waals surface area contributed by atoms with Crippen molar-refractivity contribution in [1.29, 1.82) is 0 Å². The van der Waals surface area contributed by atoms with Gasteiger partial charge in [-0.15, -0.1) is 0 Å². The molecule has 2 rings (SSSR count). The number of aliphatic hydroxyl groups excluding tert-OH is 1. The minimum absolute atomic E-state index is 0.507. The van der Waals surface area contributed by atoms with Gasteiger partial charge in [0.25, 0.3) is 0 Å². The Kier molecular flexibility index (Phi) is 4.82. The molecule has 0 aliphatic heterocycles. The second kappa shape index (κ2) is 6.21. The van der Waals surface area contributed by atoms with Gasteiger partial charge in [-0.3, -0.25) is 0 Å². The lowest BCUT2D eigenvalue weighted by molar-refractivity contribution is 0.177. The average Bonchev–Trinajstić information content (AvgIpc) is 2.36. The zero-order valence-corrected chi connectivity index (χ0v) is 14.1. The Balaban J connectivity index is 2.28. The molecule has 0 bridgehead atoms. The maximum atomic E-state index is 10.4. The van der Waals surface area contributed by atoms with Crippen LogP contribution in [0.3, 0.4) is 0 Å². The van der Waals surface area contributed by atoms with Crippen molar-refractivity contribution in [2.24, 2.45) is 0 Å². The molecule has 19 heavy (non-hydrogen) atoms. The first-order valence-electron chi connectivity index (χ1n) is 6.17. The summed E-state index contributed by atoms with van der Waals surface area (Å²) in [4.78, 5) is 0. The van der Waals surface area contributed by atoms with Gasteiger partial charge in [-0.1, -0.05) is 56.1 Å². The molecule has 0 heterocycles. The Labute approximate surface area is 130 Å². The Morgan fingerprint density at radius 1 is 1.00 bits per heavy atom. The van der Waals surface area contributed by atoms with Crippen LogP contribution in [0.15, 0.2) is 45.3 Å². The van der Waals surface area contributed by atoms with Crippen molar-refractivity contribution in [3.05, 3.63) is 67.6 Å². The fourth-order valence-electron chi connectivity index (χ4n) is 2.07. The highest BCUT2D eigenvalue weighted by Gasteiger charge is 2.14. The van der Waals surface area contributed by atoms with Gasteiger partial charge in [0.2, 0.25) is 0 Å². The first-order valence-corrected chi connectivity index (χ1v) is 7.75. The van der Waals surface area contributed by atoms with Crippen LogP contribution in [0.25, 0.3) is 0 Å². The summed E-state index contributed by atoms with van der Waals surface area (Å²) in [6, 6.07) is 12.2. The van der Waals surface area contributed by atoms with Crippen LogP contribution >= 0.6 is 31.9 Å². The second-order valence-corrected chi connectivity index (χ2v) is 6.48. The van der Waals surface area contributed by atoms with Gasteiger partial charge in [0.1, 0.15) is 0 Å². The van der Waals surface area contributed by atoms with Crippen molar-refractivity contribution in [3.8, 4) is 0 Å². The molecule has 0 aliphatic carbocycles. The van der Waals surface area contributed by atoms with Gasteiger partial charge >= 0.3 is 0 Å². The number of hydrogen-bond donors (Lipinski definition) is 1. The third-order valence-electron chi connectivity index (χ3n) is 3.31. The van der Waals surface area contributed by atoms with Gasteiger partial charge in [0, 0.05) is 15.4 Å². The van der Waals surface area contributed by atoms with E-state index in [1.165, 1.54) is 11.1 Å². The van der Waals surface area contributed by atoms with Crippen LogP contribution in [-0.4, -0.2) is 5.11 Å². The van der Waals surface area contributed by atoms with Crippen molar-refractivity contribution < 1.29 is 5.11 Å². The molecule has 0 aromatic heterocycles. The van der Waals surface area contributed by atoms with Crippen molar-refractivity contribution in [3.63, 3.8) is 0 Å². The summed E-state index contributed by atoms with van der Waals surface area (Å²) in [6.45, 7) is 4.11. The molecule has 100 valence electrons. The number of benzene rings is 2. The van der Waals surface area contributed by atoms with E-state index in [-0.39, 0.29) is 0 Å². The lowest BCUT2D eigenvalue weighted by Gasteiger charge is -2.16. The minimum atomic E-state index is -0.507. The number of rotatable bonds is 3. The van der Waals surface area contributed by atoms with Crippen molar-refractivity contribution in [1.82, 2.24) is 0 Å². The molecule has 2 aromatic carbocycles. The van der Waals surface area contributed by atoms with Gasteiger partial charge in [-0.2, -0.15) is 0 Å². The molecule has 1 nitrogen and oxygen atoms in total. The van der Waals surface area contributed by atoms with E-state index < -0.39 is 6.10 Å². The standard InChI is InChI=1S/C16H16Br2O/c1-10-5-3-4-6-12(10)8-16(19)13-9-14(17)11(2)7-15(13)18/h3-7,9,16,19H,8H2,1-2H3. The van der Waals surface area contributed by atoms with E-state index >= 15 is 0 Å². The Morgan fingerprint density at radius 2 is 1.68 bits per heavy atom. The van der Waals surface area contributed by atoms with E-state index in [4.69, 9.17) is 0 Å². The first kappa shape index (κ1) is 14.8. The van der Waals surface area contributed by atoms with Crippen LogP contribution in [0.1, 0.15) is 28.4 Å². The fourth-order valence-corrected chi connectivity index (χ4v) is 3.16. The smallest absolute Gasteiger partial charge is 0.0841 e. The molecule has 0 saturated heterocycles. The number of aryl methyl sites for hydroxylation is 2. The predicted molar refractivity (Wildman–Crippen MR) is 86.4 cm³/mol. The Hall–Kier alpha value is -0.640. The highest BCUT2D eigenvalue weighted by molar-refractivity contribution is 9.11. The zero-order valence-electron chi connectivity index (χ0n) is 11.0. The van der Waals surface area contributed by atoms with Gasteiger partial charge in [-0.05, 0) is 48.2 Å². The third kappa shape index (κ3) is 3.47. The van der Waals surface area contributed by atoms with Crippen LogP contribution in [0.4, 0.5) is 0 Å². The van der Waals surface area contributed by atoms with Gasteiger partial charge in [-0.25, -0.2) is 0 Å². The molecule has 0 amide bonds. The van der Waals surface area contributed by atoms with Crippen LogP contribution in [0.5, 0.6) is 0 Å². The maximum absolute atomic E-state index is 10.4. The summed E-state index contributed by atoms with van der Waals surface area (Å²) in [5.41, 5.74) is 4.46. The van der Waals surface area contributed by atoms with Crippen molar-refractivity contribution >= 4 is 31.9 Å². The van der Waals surface area contributed by atoms with Crippen LogP contribution in [0, 0.1) is 13.8 Å². The van der Waals surface area contributed by atoms with E-state index in [2.05, 4.69) is 50.9 Å². The monoisotopic (exact) mass is 382 g/mol. The van der Waals surface area contributed by atoms with E-state index in [0.717, 1.165) is 20.1 Å². The van der Waals surface area contributed by atoms with Crippen LogP contribution < -0.4 is 0 Å². The highest BCUT2D eigenvalue weighted by Crippen LogP contribution is 2.31. The van der Waals surface area contributed by atoms with E-state index in [1.54, 1.807) is 0 Å². The Bertz CT molecular complexity index is 593. The summed E-state index contributed by atoms with van der Waals surface area (Å²) in [5, 5.41) is 10.4. The SMILES string of the molecule is Cc1cc(Br)c(C(O)Cc2ccccc2C)cc1Br. The molecule has 3 heteroatoms. The minimum Gasteiger partial charge on any atom is -0.388 e. The van der Waals surface area contributed by atoms with Gasteiger partial charge in [0.05, 0.1) is 6.10 Å². The van der Waals surface area contributed by atoms with E-state index in [1.807, 2.05) is 31.2 Å². The highest BCUT2D eigenvalue weighted by atomic mass is 79.9. The number of halogens is 2.